The largest absolute Gasteiger partial charge is 0.407 e. The molecule has 1 heterocycles. The third kappa shape index (κ3) is 3.67. The van der Waals surface area contributed by atoms with Crippen molar-refractivity contribution >= 4 is 46.2 Å². The van der Waals surface area contributed by atoms with Gasteiger partial charge in [-0.25, -0.2) is 9.24 Å². The second-order valence-corrected chi connectivity index (χ2v) is 7.61. The molecule has 0 aromatic heterocycles. The third-order valence-electron chi connectivity index (χ3n) is 4.90. The molecule has 2 aromatic rings. The molecule has 1 fully saturated rings. The van der Waals surface area contributed by atoms with E-state index < -0.39 is 53.1 Å². The molecule has 0 atom stereocenters. The SMILES string of the molecule is [2H]C([2H])([2H])NC(=O)c1ccc(N2C(=S)N(c3ccc([N+]#[C-])c(C(F)(F)F)c3)C(=O)C2(C)C)cc1F. The van der Waals surface area contributed by atoms with Crippen LogP contribution >= 0.6 is 12.2 Å². The van der Waals surface area contributed by atoms with Crippen LogP contribution in [0.2, 0.25) is 0 Å². The van der Waals surface area contributed by atoms with Crippen LogP contribution in [0.5, 0.6) is 0 Å². The van der Waals surface area contributed by atoms with Crippen LogP contribution in [-0.2, 0) is 11.0 Å². The smallest absolute Gasteiger partial charge is 0.355 e. The van der Waals surface area contributed by atoms with Gasteiger partial charge in [0, 0.05) is 22.5 Å². The van der Waals surface area contributed by atoms with Gasteiger partial charge in [-0.05, 0) is 56.4 Å². The minimum absolute atomic E-state index is 0.00704. The third-order valence-corrected chi connectivity index (χ3v) is 5.27. The van der Waals surface area contributed by atoms with E-state index in [9.17, 15) is 27.2 Å². The molecule has 166 valence electrons. The minimum Gasteiger partial charge on any atom is -0.355 e. The van der Waals surface area contributed by atoms with Gasteiger partial charge in [-0.15, -0.1) is 0 Å². The maximum Gasteiger partial charge on any atom is 0.407 e. The number of benzene rings is 2. The summed E-state index contributed by atoms with van der Waals surface area (Å²) in [4.78, 5) is 30.1. The number of halogens is 4. The van der Waals surface area contributed by atoms with Crippen molar-refractivity contribution in [2.45, 2.75) is 25.6 Å². The predicted molar refractivity (Wildman–Crippen MR) is 114 cm³/mol. The first-order valence-electron chi connectivity index (χ1n) is 10.4. The number of hydrogen-bond donors (Lipinski definition) is 1. The van der Waals surface area contributed by atoms with E-state index in [-0.39, 0.29) is 16.5 Å². The molecule has 32 heavy (non-hydrogen) atoms. The molecule has 0 saturated carbocycles. The molecule has 1 aliphatic rings. The summed E-state index contributed by atoms with van der Waals surface area (Å²) < 4.78 is 76.3. The number of alkyl halides is 3. The van der Waals surface area contributed by atoms with Crippen molar-refractivity contribution in [1.29, 1.82) is 0 Å². The van der Waals surface area contributed by atoms with E-state index in [4.69, 9.17) is 22.9 Å². The fourth-order valence-electron chi connectivity index (χ4n) is 3.34. The molecule has 0 spiro atoms. The van der Waals surface area contributed by atoms with E-state index in [0.717, 1.165) is 29.2 Å². The Balaban J connectivity index is 2.04. The molecule has 6 nitrogen and oxygen atoms in total. The number of carbonyl (C=O) groups is 2. The van der Waals surface area contributed by atoms with E-state index in [1.165, 1.54) is 24.8 Å². The normalized spacial score (nSPS) is 17.5. The molecule has 0 aliphatic carbocycles. The summed E-state index contributed by atoms with van der Waals surface area (Å²) in [6, 6.07) is 5.81. The van der Waals surface area contributed by atoms with Gasteiger partial charge in [-0.2, -0.15) is 13.2 Å². The Bertz CT molecular complexity index is 1290. The quantitative estimate of drug-likeness (QED) is 0.405. The van der Waals surface area contributed by atoms with Gasteiger partial charge < -0.3 is 10.2 Å². The molecule has 1 N–H and O–H groups in total. The maximum absolute atomic E-state index is 14.7. The van der Waals surface area contributed by atoms with Crippen molar-refractivity contribution in [1.82, 2.24) is 5.32 Å². The molecule has 3 rings (SSSR count). The first-order chi connectivity index (χ1) is 16.0. The van der Waals surface area contributed by atoms with Crippen LogP contribution in [0.1, 0.15) is 33.9 Å². The fraction of sp³-hybridized carbons (Fsp3) is 0.238. The van der Waals surface area contributed by atoms with Gasteiger partial charge in [-0.3, -0.25) is 14.5 Å². The summed E-state index contributed by atoms with van der Waals surface area (Å²) in [7, 11) is 0. The van der Waals surface area contributed by atoms with Gasteiger partial charge in [0.2, 0.25) is 0 Å². The van der Waals surface area contributed by atoms with E-state index >= 15 is 0 Å². The lowest BCUT2D eigenvalue weighted by Gasteiger charge is -2.29. The summed E-state index contributed by atoms with van der Waals surface area (Å²) in [6.45, 7) is 6.97. The average Bonchev–Trinajstić information content (AvgIpc) is 2.89. The van der Waals surface area contributed by atoms with Gasteiger partial charge in [0.1, 0.15) is 11.4 Å². The van der Waals surface area contributed by atoms with Crippen LogP contribution in [0, 0.1) is 12.4 Å². The van der Waals surface area contributed by atoms with Gasteiger partial charge in [0.05, 0.1) is 17.7 Å². The molecule has 0 radical (unpaired) electrons. The molecule has 11 heteroatoms. The molecule has 0 bridgehead atoms. The lowest BCUT2D eigenvalue weighted by atomic mass is 10.0. The van der Waals surface area contributed by atoms with Crippen molar-refractivity contribution in [3.63, 3.8) is 0 Å². The Labute approximate surface area is 190 Å². The number of nitrogens with one attached hydrogen (secondary N) is 1. The van der Waals surface area contributed by atoms with Crippen LogP contribution < -0.4 is 15.1 Å². The van der Waals surface area contributed by atoms with E-state index in [0.29, 0.717) is 6.07 Å². The summed E-state index contributed by atoms with van der Waals surface area (Å²) in [6.07, 6.45) is -4.86. The highest BCUT2D eigenvalue weighted by atomic mass is 32.1. The van der Waals surface area contributed by atoms with Crippen LogP contribution in [0.15, 0.2) is 36.4 Å². The van der Waals surface area contributed by atoms with Gasteiger partial charge in [0.15, 0.2) is 10.8 Å². The maximum atomic E-state index is 14.7. The Morgan fingerprint density at radius 2 is 1.88 bits per heavy atom. The van der Waals surface area contributed by atoms with Crippen molar-refractivity contribution < 1.29 is 31.3 Å². The molecule has 2 amide bonds. The number of anilines is 2. The summed E-state index contributed by atoms with van der Waals surface area (Å²) in [5.74, 6) is -3.00. The molecular weight excluding hydrogens is 448 g/mol. The van der Waals surface area contributed by atoms with Crippen molar-refractivity contribution in [2.75, 3.05) is 16.8 Å². The lowest BCUT2D eigenvalue weighted by Crippen LogP contribution is -2.44. The average molecular weight is 467 g/mol. The zero-order valence-electron chi connectivity index (χ0n) is 19.5. The van der Waals surface area contributed by atoms with Gasteiger partial charge in [0.25, 0.3) is 11.8 Å². The van der Waals surface area contributed by atoms with Gasteiger partial charge >= 0.3 is 6.18 Å². The second kappa shape index (κ2) is 7.87. The Morgan fingerprint density at radius 1 is 1.22 bits per heavy atom. The van der Waals surface area contributed by atoms with Gasteiger partial charge in [-0.1, -0.05) is 6.07 Å². The number of amides is 2. The zero-order chi connectivity index (χ0) is 26.5. The van der Waals surface area contributed by atoms with E-state index in [1.54, 1.807) is 5.32 Å². The monoisotopic (exact) mass is 467 g/mol. The lowest BCUT2D eigenvalue weighted by molar-refractivity contribution is -0.136. The van der Waals surface area contributed by atoms with E-state index in [1.807, 2.05) is 0 Å². The molecular formula is C21H16F4N4O2S. The molecule has 1 saturated heterocycles. The highest BCUT2D eigenvalue weighted by Gasteiger charge is 2.50. The Hall–Kier alpha value is -3.52. The van der Waals surface area contributed by atoms with Crippen molar-refractivity contribution in [3.05, 3.63) is 64.8 Å². The summed E-state index contributed by atoms with van der Waals surface area (Å²) >= 11 is 5.36. The standard InChI is InChI=1S/C21H16F4N4O2S/c1-20(2)18(31)28(11-6-8-16(26-3)14(9-11)21(23,24)25)19(32)29(20)12-5-7-13(15(22)10-12)17(30)27-4/h5-10H,1-2,4H3,(H,27,30)/i4D3. The summed E-state index contributed by atoms with van der Waals surface area (Å²) in [5, 5.41) is 1.40. The van der Waals surface area contributed by atoms with E-state index in [2.05, 4.69) is 4.85 Å². The Kier molecular flexibility index (Phi) is 4.72. The zero-order valence-corrected chi connectivity index (χ0v) is 17.4. The highest BCUT2D eigenvalue weighted by molar-refractivity contribution is 7.81. The predicted octanol–water partition coefficient (Wildman–Crippen LogP) is 4.67. The van der Waals surface area contributed by atoms with Crippen LogP contribution in [0.25, 0.3) is 4.85 Å². The van der Waals surface area contributed by atoms with Crippen molar-refractivity contribution in [2.24, 2.45) is 0 Å². The van der Waals surface area contributed by atoms with Crippen LogP contribution in [0.4, 0.5) is 34.6 Å². The molecule has 2 aromatic carbocycles. The second-order valence-electron chi connectivity index (χ2n) is 7.25. The number of nitrogens with zero attached hydrogens (tertiary/aromatic N) is 3. The Morgan fingerprint density at radius 3 is 2.44 bits per heavy atom. The number of hydrogen-bond acceptors (Lipinski definition) is 3. The molecule has 0 unspecified atom stereocenters. The van der Waals surface area contributed by atoms with Crippen molar-refractivity contribution in [3.8, 4) is 0 Å². The first-order valence-corrected chi connectivity index (χ1v) is 9.29. The summed E-state index contributed by atoms with van der Waals surface area (Å²) in [5.41, 5.74) is -4.16. The van der Waals surface area contributed by atoms with Crippen LogP contribution in [0.3, 0.4) is 0 Å². The fourth-order valence-corrected chi connectivity index (χ4v) is 3.86. The highest BCUT2D eigenvalue weighted by Crippen LogP contribution is 2.42. The van der Waals surface area contributed by atoms with Crippen LogP contribution in [-0.4, -0.2) is 29.4 Å². The number of rotatable bonds is 3. The first kappa shape index (κ1) is 19.2. The molecule has 1 aliphatic heterocycles. The topological polar surface area (TPSA) is 57.0 Å². The minimum atomic E-state index is -4.86. The number of thiocarbonyl (C=S) groups is 1. The number of carbonyl (C=O) groups excluding carboxylic acids is 2.